The molecular weight excluding hydrogens is 584 g/mol. The zero-order chi connectivity index (χ0) is 32.4. The average molecular weight is 619 g/mol. The highest BCUT2D eigenvalue weighted by Gasteiger charge is 2.46. The highest BCUT2D eigenvalue weighted by molar-refractivity contribution is 5.88. The summed E-state index contributed by atoms with van der Waals surface area (Å²) >= 11 is 0. The second kappa shape index (κ2) is 12.5. The van der Waals surface area contributed by atoms with Crippen LogP contribution in [-0.4, -0.2) is 15.3 Å². The Morgan fingerprint density at radius 1 is 0.638 bits per heavy atom. The number of fused-ring (bicyclic) bond motifs is 3. The maximum absolute atomic E-state index is 9.93. The molecule has 3 N–H and O–H groups in total. The van der Waals surface area contributed by atoms with E-state index in [0.29, 0.717) is 11.5 Å². The van der Waals surface area contributed by atoms with E-state index >= 15 is 0 Å². The van der Waals surface area contributed by atoms with Crippen LogP contribution in [0.3, 0.4) is 0 Å². The van der Waals surface area contributed by atoms with Gasteiger partial charge in [0.15, 0.2) is 6.26 Å². The number of hydrogen-bond donors (Lipinski definition) is 3. The van der Waals surface area contributed by atoms with Gasteiger partial charge in [-0.25, -0.2) is 0 Å². The second-order valence-corrected chi connectivity index (χ2v) is 11.8. The first-order chi connectivity index (χ1) is 23.0. The highest BCUT2D eigenvalue weighted by Crippen LogP contribution is 2.57. The van der Waals surface area contributed by atoms with Crippen molar-refractivity contribution in [2.75, 3.05) is 0 Å². The van der Waals surface area contributed by atoms with Crippen LogP contribution in [-0.2, 0) is 5.41 Å². The lowest BCUT2D eigenvalue weighted by atomic mass is 9.67. The van der Waals surface area contributed by atoms with Gasteiger partial charge < -0.3 is 24.8 Å². The molecule has 0 radical (unpaired) electrons. The van der Waals surface area contributed by atoms with E-state index in [9.17, 15) is 15.3 Å². The topological polar surface area (TPSA) is 79.2 Å². The van der Waals surface area contributed by atoms with Crippen LogP contribution in [0.4, 0.5) is 0 Å². The van der Waals surface area contributed by atoms with Crippen LogP contribution in [0.15, 0.2) is 158 Å². The van der Waals surface area contributed by atoms with Gasteiger partial charge in [0, 0.05) is 11.1 Å². The number of aliphatic hydroxyl groups is 3. The fraction of sp³-hybridized carbons (Fsp3) is 0.0952. The van der Waals surface area contributed by atoms with Crippen LogP contribution in [0.5, 0.6) is 11.5 Å². The lowest BCUT2D eigenvalue weighted by Gasteiger charge is -2.35. The molecule has 0 saturated carbocycles. The van der Waals surface area contributed by atoms with Gasteiger partial charge in [0.1, 0.15) is 23.5 Å². The third kappa shape index (κ3) is 5.36. The summed E-state index contributed by atoms with van der Waals surface area (Å²) < 4.78 is 11.8. The lowest BCUT2D eigenvalue weighted by Crippen LogP contribution is -2.29. The molecule has 5 aromatic rings. The van der Waals surface area contributed by atoms with E-state index in [4.69, 9.17) is 9.47 Å². The van der Waals surface area contributed by atoms with Crippen molar-refractivity contribution in [1.82, 2.24) is 0 Å². The molecule has 2 aliphatic rings. The molecule has 5 heteroatoms. The molecule has 5 nitrogen and oxygen atoms in total. The van der Waals surface area contributed by atoms with Crippen molar-refractivity contribution in [2.45, 2.75) is 25.2 Å². The van der Waals surface area contributed by atoms with E-state index in [1.165, 1.54) is 17.4 Å². The first-order valence-electron chi connectivity index (χ1n) is 15.6. The Hall–Kier alpha value is -5.94. The van der Waals surface area contributed by atoms with E-state index in [0.717, 1.165) is 63.6 Å². The Labute approximate surface area is 274 Å². The zero-order valence-electron chi connectivity index (χ0n) is 25.9. The molecule has 0 spiro atoms. The van der Waals surface area contributed by atoms with Gasteiger partial charge in [-0.1, -0.05) is 109 Å². The molecular formula is C42H34O5. The largest absolute Gasteiger partial charge is 0.509 e. The van der Waals surface area contributed by atoms with Gasteiger partial charge in [0.2, 0.25) is 0 Å². The summed E-state index contributed by atoms with van der Waals surface area (Å²) in [6, 6.07) is 39.5. The van der Waals surface area contributed by atoms with Gasteiger partial charge in [0.25, 0.3) is 0 Å². The number of ether oxygens (including phenoxy) is 2. The van der Waals surface area contributed by atoms with Crippen LogP contribution in [0.1, 0.15) is 47.6 Å². The number of benzene rings is 5. The number of aliphatic hydroxyl groups excluding tert-OH is 2. The molecule has 0 saturated heterocycles. The lowest BCUT2D eigenvalue weighted by molar-refractivity contribution is 0.175. The number of hydrogen-bond acceptors (Lipinski definition) is 5. The monoisotopic (exact) mass is 618 g/mol. The minimum atomic E-state index is -0.906. The van der Waals surface area contributed by atoms with E-state index in [1.807, 2.05) is 42.5 Å². The minimum Gasteiger partial charge on any atom is -0.509 e. The summed E-state index contributed by atoms with van der Waals surface area (Å²) in [6.45, 7) is 1.59. The standard InChI is InChI=1S/C42H34O5/c1-28(43)26-46-39-22-20-31(24-35(39)29-12-4-2-5-13-29)42(37-18-10-8-16-33(37)34-17-9-11-19-38(34)42)32-21-23-40(47-27-41(44)45)36(25-32)30-14-6-3-7-15-30/h2-4,6-12,14-27,43-45H,5,13H2,1H3/b28-26-. The second-order valence-electron chi connectivity index (χ2n) is 11.8. The summed E-state index contributed by atoms with van der Waals surface area (Å²) in [6.07, 6.45) is 10.5. The molecule has 5 aromatic carbocycles. The summed E-state index contributed by atoms with van der Waals surface area (Å²) in [7, 11) is 0. The summed E-state index contributed by atoms with van der Waals surface area (Å²) in [5, 5.41) is 28.9. The molecule has 47 heavy (non-hydrogen) atoms. The Morgan fingerprint density at radius 3 is 1.81 bits per heavy atom. The van der Waals surface area contributed by atoms with Gasteiger partial charge in [-0.2, -0.15) is 0 Å². The average Bonchev–Trinajstić information content (AvgIpc) is 3.41. The third-order valence-electron chi connectivity index (χ3n) is 8.87. The van der Waals surface area contributed by atoms with Gasteiger partial charge >= 0.3 is 5.95 Å². The molecule has 0 fully saturated rings. The fourth-order valence-electron chi connectivity index (χ4n) is 6.94. The SMILES string of the molecule is C/C(O)=C/Oc1ccc(C2(c3ccc(OC=C(O)O)c(-c4ccccc4)c3)c3ccccc3-c3ccccc32)cc1C1=CC=CCC1. The van der Waals surface area contributed by atoms with Crippen LogP contribution in [0.25, 0.3) is 27.8 Å². The zero-order valence-corrected chi connectivity index (χ0v) is 25.9. The van der Waals surface area contributed by atoms with Crippen molar-refractivity contribution in [2.24, 2.45) is 0 Å². The van der Waals surface area contributed by atoms with Crippen LogP contribution in [0.2, 0.25) is 0 Å². The molecule has 0 amide bonds. The predicted molar refractivity (Wildman–Crippen MR) is 187 cm³/mol. The Morgan fingerprint density at radius 2 is 1.21 bits per heavy atom. The van der Waals surface area contributed by atoms with Gasteiger partial charge in [-0.3, -0.25) is 0 Å². The van der Waals surface area contributed by atoms with Gasteiger partial charge in [-0.05, 0) is 88.5 Å². The summed E-state index contributed by atoms with van der Waals surface area (Å²) in [5.41, 5.74) is 9.90. The molecule has 2 aliphatic carbocycles. The van der Waals surface area contributed by atoms with Crippen molar-refractivity contribution in [1.29, 1.82) is 0 Å². The number of rotatable bonds is 8. The molecule has 7 rings (SSSR count). The van der Waals surface area contributed by atoms with Crippen molar-refractivity contribution in [3.63, 3.8) is 0 Å². The quantitative estimate of drug-likeness (QED) is 0.148. The first-order valence-corrected chi connectivity index (χ1v) is 15.6. The fourth-order valence-corrected chi connectivity index (χ4v) is 6.94. The van der Waals surface area contributed by atoms with Crippen LogP contribution >= 0.6 is 0 Å². The van der Waals surface area contributed by atoms with Crippen LogP contribution in [0, 0.1) is 0 Å². The Balaban J connectivity index is 1.55. The van der Waals surface area contributed by atoms with Crippen molar-refractivity contribution in [3.05, 3.63) is 186 Å². The number of allylic oxidation sites excluding steroid dienone is 5. The third-order valence-corrected chi connectivity index (χ3v) is 8.87. The smallest absolute Gasteiger partial charge is 0.311 e. The van der Waals surface area contributed by atoms with Crippen molar-refractivity contribution < 1.29 is 24.8 Å². The van der Waals surface area contributed by atoms with E-state index in [1.54, 1.807) is 6.92 Å². The minimum absolute atomic E-state index is 0.0905. The van der Waals surface area contributed by atoms with E-state index in [-0.39, 0.29) is 5.76 Å². The molecule has 0 heterocycles. The predicted octanol–water partition coefficient (Wildman–Crippen LogP) is 10.5. The summed E-state index contributed by atoms with van der Waals surface area (Å²) in [5.74, 6) is 0.344. The first kappa shape index (κ1) is 29.8. The highest BCUT2D eigenvalue weighted by atomic mass is 16.5. The maximum atomic E-state index is 9.93. The molecule has 0 atom stereocenters. The molecule has 0 bridgehead atoms. The van der Waals surface area contributed by atoms with E-state index < -0.39 is 11.4 Å². The van der Waals surface area contributed by atoms with Crippen molar-refractivity contribution in [3.8, 4) is 33.8 Å². The van der Waals surface area contributed by atoms with Gasteiger partial charge in [0.05, 0.1) is 5.41 Å². The Bertz CT molecular complexity index is 2030. The van der Waals surface area contributed by atoms with Gasteiger partial charge in [-0.15, -0.1) is 0 Å². The van der Waals surface area contributed by atoms with E-state index in [2.05, 4.69) is 91.0 Å². The van der Waals surface area contributed by atoms with Crippen molar-refractivity contribution >= 4 is 5.57 Å². The molecule has 0 unspecified atom stereocenters. The maximum Gasteiger partial charge on any atom is 0.311 e. The summed E-state index contributed by atoms with van der Waals surface area (Å²) in [4.78, 5) is 0. The molecule has 0 aliphatic heterocycles. The Kier molecular flexibility index (Phi) is 7.88. The normalized spacial score (nSPS) is 14.5. The van der Waals surface area contributed by atoms with Crippen LogP contribution < -0.4 is 9.47 Å². The molecule has 0 aromatic heterocycles. The molecule has 232 valence electrons.